The quantitative estimate of drug-likeness (QED) is 0.0882. The molecule has 0 aromatic heterocycles. The maximum Gasteiger partial charge on any atom is 0.321 e. The summed E-state index contributed by atoms with van der Waals surface area (Å²) in [6.45, 7) is 5.62. The highest BCUT2D eigenvalue weighted by Crippen LogP contribution is 2.01. The van der Waals surface area contributed by atoms with Crippen LogP contribution >= 0.6 is 12.6 Å². The van der Waals surface area contributed by atoms with Gasteiger partial charge in [-0.25, -0.2) is 0 Å². The average Bonchev–Trinajstić information content (AvgIpc) is 2.98. The van der Waals surface area contributed by atoms with E-state index < -0.39 is 71.9 Å². The molecule has 0 spiro atoms. The molecular formula is C23H54N8O16S. The fourth-order valence-corrected chi connectivity index (χ4v) is 0.843. The maximum absolute atomic E-state index is 10.1. The molecule has 0 rings (SSSR count). The zero-order valence-electron chi connectivity index (χ0n) is 27.0. The van der Waals surface area contributed by atoms with Crippen molar-refractivity contribution in [3.63, 3.8) is 0 Å². The number of rotatable bonds is 11. The van der Waals surface area contributed by atoms with Gasteiger partial charge in [-0.3, -0.25) is 38.4 Å². The number of thiol groups is 1. The van der Waals surface area contributed by atoms with E-state index >= 15 is 0 Å². The molecule has 0 heterocycles. The van der Waals surface area contributed by atoms with E-state index in [1.807, 2.05) is 13.8 Å². The molecule has 0 bridgehead atoms. The smallest absolute Gasteiger partial charge is 0.321 e. The van der Waals surface area contributed by atoms with Gasteiger partial charge in [0.25, 0.3) is 0 Å². The third-order valence-electron chi connectivity index (χ3n) is 3.03. The van der Waals surface area contributed by atoms with E-state index in [2.05, 4.69) is 35.6 Å². The summed E-state index contributed by atoms with van der Waals surface area (Å²) < 4.78 is 0. The van der Waals surface area contributed by atoms with Crippen LogP contribution in [0.4, 0.5) is 0 Å². The lowest BCUT2D eigenvalue weighted by atomic mass is 10.1. The third-order valence-corrected chi connectivity index (χ3v) is 3.43. The van der Waals surface area contributed by atoms with Gasteiger partial charge in [-0.2, -0.15) is 12.6 Å². The molecule has 0 saturated heterocycles. The predicted molar refractivity (Wildman–Crippen MR) is 174 cm³/mol. The topological polar surface area (TPSA) is 507 Å². The summed E-state index contributed by atoms with van der Waals surface area (Å²) in [6.07, 6.45) is 0.551. The average molecular weight is 731 g/mol. The van der Waals surface area contributed by atoms with Gasteiger partial charge >= 0.3 is 47.8 Å². The summed E-state index contributed by atoms with van der Waals surface area (Å²) in [5.74, 6) is -7.17. The van der Waals surface area contributed by atoms with E-state index in [-0.39, 0.29) is 31.9 Å². The number of hydrogen-bond donors (Lipinski definition) is 17. The van der Waals surface area contributed by atoms with E-state index in [1.54, 1.807) is 0 Å². The van der Waals surface area contributed by atoms with Crippen LogP contribution in [-0.2, 0) is 38.4 Å². The largest absolute Gasteiger partial charge is 0.480 e. The molecular weight excluding hydrogens is 676 g/mol. The van der Waals surface area contributed by atoms with Crippen molar-refractivity contribution in [1.29, 1.82) is 0 Å². The van der Waals surface area contributed by atoms with Gasteiger partial charge in [0.15, 0.2) is 0 Å². The molecule has 0 saturated carbocycles. The summed E-state index contributed by atoms with van der Waals surface area (Å²) >= 11 is 3.65. The van der Waals surface area contributed by atoms with Gasteiger partial charge in [0.05, 0.1) is 26.2 Å². The molecule has 0 aliphatic carbocycles. The summed E-state index contributed by atoms with van der Waals surface area (Å²) in [5.41, 5.74) is 38.1. The van der Waals surface area contributed by atoms with E-state index in [9.17, 15) is 38.4 Å². The Hall–Kier alpha value is -4.21. The van der Waals surface area contributed by atoms with Gasteiger partial charge in [0.2, 0.25) is 0 Å². The zero-order valence-corrected chi connectivity index (χ0v) is 27.9. The highest BCUT2D eigenvalue weighted by molar-refractivity contribution is 7.80. The lowest BCUT2D eigenvalue weighted by Crippen LogP contribution is -2.31. The molecule has 0 aromatic carbocycles. The Morgan fingerprint density at radius 1 is 0.458 bits per heavy atom. The fraction of sp³-hybridized carbons (Fsp3) is 0.652. The Morgan fingerprint density at radius 2 is 0.625 bits per heavy atom. The molecule has 0 unspecified atom stereocenters. The second kappa shape index (κ2) is 44.9. The Labute approximate surface area is 281 Å². The highest BCUT2D eigenvalue weighted by atomic mass is 32.1. The number of nitrogens with two attached hydrogens (primary N) is 8. The van der Waals surface area contributed by atoms with Crippen LogP contribution in [0.5, 0.6) is 0 Å². The molecule has 0 aliphatic rings. The van der Waals surface area contributed by atoms with E-state index in [0.717, 1.165) is 0 Å². The molecule has 0 aliphatic heterocycles. The highest BCUT2D eigenvalue weighted by Gasteiger charge is 2.12. The van der Waals surface area contributed by atoms with Crippen LogP contribution in [0.2, 0.25) is 0 Å². The van der Waals surface area contributed by atoms with Crippen LogP contribution in [0.15, 0.2) is 0 Å². The Balaban J connectivity index is -0.0000000641. The minimum Gasteiger partial charge on any atom is -0.480 e. The molecule has 25 heteroatoms. The Morgan fingerprint density at radius 3 is 0.646 bits per heavy atom. The van der Waals surface area contributed by atoms with Crippen molar-refractivity contribution in [3.05, 3.63) is 0 Å². The second-order valence-corrected chi connectivity index (χ2v) is 8.71. The van der Waals surface area contributed by atoms with Crippen molar-refractivity contribution < 1.29 is 79.2 Å². The molecule has 24 nitrogen and oxygen atoms in total. The molecule has 288 valence electrons. The van der Waals surface area contributed by atoms with E-state index in [1.165, 1.54) is 13.8 Å². The Bertz CT molecular complexity index is 807. The van der Waals surface area contributed by atoms with Crippen molar-refractivity contribution in [1.82, 2.24) is 0 Å². The number of carboxylic acids is 8. The summed E-state index contributed by atoms with van der Waals surface area (Å²) in [5, 5.41) is 62.4. The minimum atomic E-state index is -1.00. The molecule has 0 radical (unpaired) electrons. The van der Waals surface area contributed by atoms with Crippen molar-refractivity contribution in [2.24, 2.45) is 51.8 Å². The zero-order chi connectivity index (χ0) is 40.7. The summed E-state index contributed by atoms with van der Waals surface area (Å²) in [4.78, 5) is 76.0. The van der Waals surface area contributed by atoms with Crippen LogP contribution in [0.1, 0.15) is 34.1 Å². The number of hydrogen-bond acceptors (Lipinski definition) is 17. The lowest BCUT2D eigenvalue weighted by molar-refractivity contribution is -0.139. The number of aliphatic carboxylic acids is 8. The molecule has 0 amide bonds. The molecule has 0 aromatic rings. The predicted octanol–water partition coefficient (Wildman–Crippen LogP) is -5.27. The van der Waals surface area contributed by atoms with Crippen LogP contribution in [0, 0.1) is 5.92 Å². The van der Waals surface area contributed by atoms with Gasteiger partial charge in [0.1, 0.15) is 24.2 Å². The van der Waals surface area contributed by atoms with E-state index in [0.29, 0.717) is 12.3 Å². The first-order valence-corrected chi connectivity index (χ1v) is 13.4. The maximum atomic E-state index is 10.1. The molecule has 0 fully saturated rings. The van der Waals surface area contributed by atoms with Crippen LogP contribution in [0.25, 0.3) is 0 Å². The molecule has 24 N–H and O–H groups in total. The van der Waals surface area contributed by atoms with Gasteiger partial charge in [-0.1, -0.05) is 13.8 Å². The van der Waals surface area contributed by atoms with Crippen molar-refractivity contribution in [2.75, 3.05) is 31.9 Å². The van der Waals surface area contributed by atoms with Crippen LogP contribution in [0.3, 0.4) is 0 Å². The minimum absolute atomic E-state index is 0.190. The van der Waals surface area contributed by atoms with Crippen LogP contribution in [-0.4, -0.2) is 145 Å². The van der Waals surface area contributed by atoms with E-state index in [4.69, 9.17) is 63.8 Å². The summed E-state index contributed by atoms with van der Waals surface area (Å²) in [6, 6.07) is -2.97. The SMILES string of the molecule is CC(C)C[C@H](N)C(=O)O.C[C@H](N)C(=O)O.C[C@H](N)C(=O)O.NCC(=O)O.NCC(=O)O.NCC(=O)O.NCC(=O)O.N[C@@H](CS)C(=O)O. The first kappa shape index (κ1) is 62.6. The summed E-state index contributed by atoms with van der Waals surface area (Å²) in [7, 11) is 0. The van der Waals surface area contributed by atoms with Gasteiger partial charge in [-0.05, 0) is 26.2 Å². The van der Waals surface area contributed by atoms with Crippen molar-refractivity contribution in [2.45, 2.75) is 58.3 Å². The van der Waals surface area contributed by atoms with Gasteiger partial charge in [0, 0.05) is 5.75 Å². The second-order valence-electron chi connectivity index (χ2n) is 8.35. The monoisotopic (exact) mass is 730 g/mol. The van der Waals surface area contributed by atoms with Crippen LogP contribution < -0.4 is 45.9 Å². The first-order valence-electron chi connectivity index (χ1n) is 12.8. The number of carboxylic acid groups (broad SMARTS) is 8. The standard InChI is InChI=1S/C6H13NO2.C3H7NO2S.2C3H7NO2.4C2H5NO2/c1-4(2)3-5(7)6(8)9;4-2(1-7)3(5)6;2*1-2(4)3(5)6;4*3-1-2(4)5/h4-5H,3,7H2,1-2H3,(H,8,9);2,7H,1,4H2,(H,5,6);2*2H,4H2,1H3,(H,5,6);4*1,3H2,(H,4,5)/t5-;3*2-;;;;/m0000..../s1. The normalized spacial score (nSPS) is 11.0. The van der Waals surface area contributed by atoms with Gasteiger partial charge < -0.3 is 86.7 Å². The first-order chi connectivity index (χ1) is 21.6. The van der Waals surface area contributed by atoms with Crippen molar-refractivity contribution >= 4 is 60.4 Å². The van der Waals surface area contributed by atoms with Gasteiger partial charge in [-0.15, -0.1) is 0 Å². The molecule has 48 heavy (non-hydrogen) atoms. The number of carbonyl (C=O) groups is 8. The fourth-order valence-electron chi connectivity index (χ4n) is 0.687. The Kier molecular flexibility index (Phi) is 58.6. The molecule has 4 atom stereocenters. The third kappa shape index (κ3) is 105. The van der Waals surface area contributed by atoms with Crippen molar-refractivity contribution in [3.8, 4) is 0 Å². The lowest BCUT2D eigenvalue weighted by Gasteiger charge is -2.07.